The van der Waals surface area contributed by atoms with E-state index in [1.54, 1.807) is 0 Å². The van der Waals surface area contributed by atoms with E-state index in [-0.39, 0.29) is 19.0 Å². The topological polar surface area (TPSA) is 29.3 Å². The van der Waals surface area contributed by atoms with Gasteiger partial charge in [-0.1, -0.05) is 29.8 Å². The SMILES string of the molecule is Cc1cccc(C(CN)N2CCCC(C(F)(F)F)C2)c1. The number of aryl methyl sites for hydroxylation is 1. The number of nitrogens with two attached hydrogens (primary N) is 1. The zero-order chi connectivity index (χ0) is 14.8. The Balaban J connectivity index is 2.15. The van der Waals surface area contributed by atoms with Crippen LogP contribution in [0.4, 0.5) is 13.2 Å². The second-order valence-corrected chi connectivity index (χ2v) is 5.54. The van der Waals surface area contributed by atoms with Gasteiger partial charge in [0, 0.05) is 19.1 Å². The molecule has 0 amide bonds. The van der Waals surface area contributed by atoms with E-state index in [4.69, 9.17) is 5.73 Å². The summed E-state index contributed by atoms with van der Waals surface area (Å²) in [5, 5.41) is 0. The second-order valence-electron chi connectivity index (χ2n) is 5.54. The molecule has 2 rings (SSSR count). The predicted octanol–water partition coefficient (Wildman–Crippen LogP) is 3.27. The summed E-state index contributed by atoms with van der Waals surface area (Å²) >= 11 is 0. The number of alkyl halides is 3. The number of hydrogen-bond acceptors (Lipinski definition) is 2. The minimum absolute atomic E-state index is 0.0549. The number of hydrogen-bond donors (Lipinski definition) is 1. The molecule has 112 valence electrons. The maximum absolute atomic E-state index is 12.9. The highest BCUT2D eigenvalue weighted by Gasteiger charge is 2.42. The summed E-state index contributed by atoms with van der Waals surface area (Å²) in [7, 11) is 0. The maximum Gasteiger partial charge on any atom is 0.393 e. The van der Waals surface area contributed by atoms with E-state index in [1.165, 1.54) is 0 Å². The third kappa shape index (κ3) is 3.52. The van der Waals surface area contributed by atoms with Gasteiger partial charge in [0.25, 0.3) is 0 Å². The Hall–Kier alpha value is -1.07. The Morgan fingerprint density at radius 2 is 2.15 bits per heavy atom. The van der Waals surface area contributed by atoms with E-state index in [2.05, 4.69) is 0 Å². The van der Waals surface area contributed by atoms with Crippen LogP contribution in [-0.4, -0.2) is 30.7 Å². The summed E-state index contributed by atoms with van der Waals surface area (Å²) in [4.78, 5) is 1.89. The number of rotatable bonds is 3. The second kappa shape index (κ2) is 6.14. The summed E-state index contributed by atoms with van der Waals surface area (Å²) in [6.07, 6.45) is -3.30. The molecule has 2 N–H and O–H groups in total. The third-order valence-corrected chi connectivity index (χ3v) is 4.01. The van der Waals surface area contributed by atoms with Gasteiger partial charge in [-0.25, -0.2) is 0 Å². The molecule has 2 nitrogen and oxygen atoms in total. The Morgan fingerprint density at radius 3 is 2.75 bits per heavy atom. The lowest BCUT2D eigenvalue weighted by Crippen LogP contribution is -2.45. The van der Waals surface area contributed by atoms with Gasteiger partial charge in [-0.3, -0.25) is 4.90 Å². The van der Waals surface area contributed by atoms with Crippen LogP contribution in [0.25, 0.3) is 0 Å². The monoisotopic (exact) mass is 286 g/mol. The Bertz CT molecular complexity index is 445. The minimum atomic E-state index is -4.11. The van der Waals surface area contributed by atoms with Crippen molar-refractivity contribution in [2.75, 3.05) is 19.6 Å². The van der Waals surface area contributed by atoms with Gasteiger partial charge < -0.3 is 5.73 Å². The Kier molecular flexibility index (Phi) is 4.70. The lowest BCUT2D eigenvalue weighted by atomic mass is 9.94. The quantitative estimate of drug-likeness (QED) is 0.924. The van der Waals surface area contributed by atoms with Crippen molar-refractivity contribution >= 4 is 0 Å². The van der Waals surface area contributed by atoms with Crippen molar-refractivity contribution in [1.29, 1.82) is 0 Å². The van der Waals surface area contributed by atoms with E-state index >= 15 is 0 Å². The molecule has 0 bridgehead atoms. The van der Waals surface area contributed by atoms with Crippen molar-refractivity contribution in [1.82, 2.24) is 4.90 Å². The molecule has 0 radical (unpaired) electrons. The summed E-state index contributed by atoms with van der Waals surface area (Å²) in [5.41, 5.74) is 7.93. The van der Waals surface area contributed by atoms with Crippen LogP contribution in [0.2, 0.25) is 0 Å². The van der Waals surface area contributed by atoms with Gasteiger partial charge in [-0.2, -0.15) is 13.2 Å². The zero-order valence-corrected chi connectivity index (χ0v) is 11.7. The molecule has 1 aliphatic rings. The predicted molar refractivity (Wildman–Crippen MR) is 73.3 cm³/mol. The molecule has 1 aliphatic heterocycles. The fourth-order valence-electron chi connectivity index (χ4n) is 2.93. The first-order valence-corrected chi connectivity index (χ1v) is 6.99. The summed E-state index contributed by atoms with van der Waals surface area (Å²) in [5.74, 6) is -1.23. The average molecular weight is 286 g/mol. The molecule has 1 aromatic rings. The Morgan fingerprint density at radius 1 is 1.40 bits per heavy atom. The van der Waals surface area contributed by atoms with Crippen molar-refractivity contribution in [3.63, 3.8) is 0 Å². The molecule has 0 aromatic heterocycles. The molecule has 1 heterocycles. The van der Waals surface area contributed by atoms with Crippen LogP contribution < -0.4 is 5.73 Å². The first-order chi connectivity index (χ1) is 9.41. The van der Waals surface area contributed by atoms with Crippen molar-refractivity contribution < 1.29 is 13.2 Å². The van der Waals surface area contributed by atoms with Gasteiger partial charge in [-0.05, 0) is 31.9 Å². The molecule has 2 unspecified atom stereocenters. The van der Waals surface area contributed by atoms with Crippen molar-refractivity contribution in [3.05, 3.63) is 35.4 Å². The average Bonchev–Trinajstić information content (AvgIpc) is 2.39. The lowest BCUT2D eigenvalue weighted by molar-refractivity contribution is -0.188. The lowest BCUT2D eigenvalue weighted by Gasteiger charge is -2.38. The van der Waals surface area contributed by atoms with Gasteiger partial charge in [0.2, 0.25) is 0 Å². The van der Waals surface area contributed by atoms with E-state index in [1.807, 2.05) is 36.1 Å². The fourth-order valence-corrected chi connectivity index (χ4v) is 2.93. The highest BCUT2D eigenvalue weighted by atomic mass is 19.4. The molecule has 0 saturated carbocycles. The molecule has 5 heteroatoms. The van der Waals surface area contributed by atoms with Gasteiger partial charge in [0.1, 0.15) is 0 Å². The van der Waals surface area contributed by atoms with Crippen molar-refractivity contribution in [2.45, 2.75) is 32.0 Å². The van der Waals surface area contributed by atoms with Crippen LogP contribution in [0.5, 0.6) is 0 Å². The number of piperidine rings is 1. The van der Waals surface area contributed by atoms with E-state index in [0.717, 1.165) is 11.1 Å². The first kappa shape index (κ1) is 15.3. The number of nitrogens with zero attached hydrogens (tertiary/aromatic N) is 1. The molecule has 0 aliphatic carbocycles. The molecular formula is C15H21F3N2. The largest absolute Gasteiger partial charge is 0.393 e. The van der Waals surface area contributed by atoms with Gasteiger partial charge in [0.05, 0.1) is 5.92 Å². The summed E-state index contributed by atoms with van der Waals surface area (Å²) in [6, 6.07) is 7.74. The molecule has 0 spiro atoms. The van der Waals surface area contributed by atoms with Crippen LogP contribution in [-0.2, 0) is 0 Å². The summed E-state index contributed by atoms with van der Waals surface area (Å²) < 4.78 is 38.7. The smallest absolute Gasteiger partial charge is 0.329 e. The highest BCUT2D eigenvalue weighted by Crippen LogP contribution is 2.35. The molecule has 20 heavy (non-hydrogen) atoms. The van der Waals surface area contributed by atoms with E-state index in [9.17, 15) is 13.2 Å². The van der Waals surface area contributed by atoms with Crippen LogP contribution in [0.15, 0.2) is 24.3 Å². The van der Waals surface area contributed by atoms with E-state index < -0.39 is 12.1 Å². The first-order valence-electron chi connectivity index (χ1n) is 6.99. The van der Waals surface area contributed by atoms with Crippen LogP contribution in [0, 0.1) is 12.8 Å². The van der Waals surface area contributed by atoms with Gasteiger partial charge in [-0.15, -0.1) is 0 Å². The van der Waals surface area contributed by atoms with Gasteiger partial charge in [0.15, 0.2) is 0 Å². The standard InChI is InChI=1S/C15H21F3N2/c1-11-4-2-5-12(8-11)14(9-19)20-7-3-6-13(10-20)15(16,17)18/h2,4-5,8,13-14H,3,6-7,9-10,19H2,1H3. The zero-order valence-electron chi connectivity index (χ0n) is 11.7. The van der Waals surface area contributed by atoms with Gasteiger partial charge >= 0.3 is 6.18 Å². The molecule has 1 saturated heterocycles. The summed E-state index contributed by atoms with van der Waals surface area (Å²) in [6.45, 7) is 3.06. The number of benzene rings is 1. The number of halogens is 3. The highest BCUT2D eigenvalue weighted by molar-refractivity contribution is 5.25. The van der Waals surface area contributed by atoms with Crippen LogP contribution in [0.1, 0.15) is 30.0 Å². The molecule has 1 fully saturated rings. The third-order valence-electron chi connectivity index (χ3n) is 4.01. The fraction of sp³-hybridized carbons (Fsp3) is 0.600. The number of likely N-dealkylation sites (tertiary alicyclic amines) is 1. The minimum Gasteiger partial charge on any atom is -0.329 e. The molecule has 2 atom stereocenters. The van der Waals surface area contributed by atoms with Crippen LogP contribution >= 0.6 is 0 Å². The van der Waals surface area contributed by atoms with Crippen molar-refractivity contribution in [3.8, 4) is 0 Å². The molecular weight excluding hydrogens is 265 g/mol. The van der Waals surface area contributed by atoms with Crippen LogP contribution in [0.3, 0.4) is 0 Å². The maximum atomic E-state index is 12.9. The Labute approximate surface area is 117 Å². The van der Waals surface area contributed by atoms with Crippen molar-refractivity contribution in [2.24, 2.45) is 11.7 Å². The normalized spacial score (nSPS) is 22.8. The van der Waals surface area contributed by atoms with E-state index in [0.29, 0.717) is 19.5 Å². The molecule has 1 aromatic carbocycles.